The van der Waals surface area contributed by atoms with Gasteiger partial charge in [0.05, 0.1) is 17.6 Å². The Morgan fingerprint density at radius 1 is 1.12 bits per heavy atom. The van der Waals surface area contributed by atoms with Crippen LogP contribution in [0.15, 0.2) is 53.4 Å². The molecule has 0 amide bonds. The second-order valence-corrected chi connectivity index (χ2v) is 9.60. The van der Waals surface area contributed by atoms with Gasteiger partial charge in [0.25, 0.3) is 0 Å². The quantitative estimate of drug-likeness (QED) is 0.798. The van der Waals surface area contributed by atoms with Crippen LogP contribution >= 0.6 is 0 Å². The van der Waals surface area contributed by atoms with Crippen LogP contribution in [-0.4, -0.2) is 31.9 Å². The molecule has 1 aliphatic heterocycles. The van der Waals surface area contributed by atoms with E-state index < -0.39 is 10.0 Å². The normalized spacial score (nSPS) is 16.5. The molecular weight excluding hydrogens is 353 g/mol. The van der Waals surface area contributed by atoms with Crippen molar-refractivity contribution < 1.29 is 17.5 Å². The molecule has 140 valence electrons. The summed E-state index contributed by atoms with van der Waals surface area (Å²) in [6.07, 6.45) is -0.165. The van der Waals surface area contributed by atoms with Crippen LogP contribution < -0.4 is 0 Å². The van der Waals surface area contributed by atoms with Gasteiger partial charge < -0.3 is 4.74 Å². The minimum absolute atomic E-state index is 0.0190. The summed E-state index contributed by atoms with van der Waals surface area (Å²) in [5.41, 5.74) is 1.81. The van der Waals surface area contributed by atoms with E-state index in [-0.39, 0.29) is 23.9 Å². The predicted molar refractivity (Wildman–Crippen MR) is 98.9 cm³/mol. The molecule has 1 heterocycles. The summed E-state index contributed by atoms with van der Waals surface area (Å²) in [6.45, 7) is 7.18. The molecule has 0 unspecified atom stereocenters. The van der Waals surface area contributed by atoms with E-state index in [1.54, 1.807) is 24.3 Å². The maximum Gasteiger partial charge on any atom is 0.243 e. The first-order valence-corrected chi connectivity index (χ1v) is 10.1. The van der Waals surface area contributed by atoms with Crippen LogP contribution in [0, 0.1) is 5.82 Å². The van der Waals surface area contributed by atoms with Crippen molar-refractivity contribution in [3.63, 3.8) is 0 Å². The summed E-state index contributed by atoms with van der Waals surface area (Å²) < 4.78 is 45.6. The fraction of sp³-hybridized carbons (Fsp3) is 0.400. The smallest absolute Gasteiger partial charge is 0.243 e. The zero-order chi connectivity index (χ0) is 18.9. The van der Waals surface area contributed by atoms with Crippen molar-refractivity contribution in [2.75, 3.05) is 13.1 Å². The Morgan fingerprint density at radius 2 is 1.77 bits per heavy atom. The summed E-state index contributed by atoms with van der Waals surface area (Å²) in [7, 11) is -3.49. The van der Waals surface area contributed by atoms with Gasteiger partial charge in [-0.05, 0) is 40.8 Å². The summed E-state index contributed by atoms with van der Waals surface area (Å²) in [5, 5.41) is 0. The van der Waals surface area contributed by atoms with Crippen LogP contribution in [-0.2, 0) is 26.8 Å². The van der Waals surface area contributed by atoms with E-state index in [2.05, 4.69) is 20.8 Å². The van der Waals surface area contributed by atoms with Crippen molar-refractivity contribution in [3.8, 4) is 0 Å². The number of benzene rings is 2. The molecule has 4 nitrogen and oxygen atoms in total. The SMILES string of the molecule is CC(C)(C)c1ccc(S(=O)(=O)N2CC(OCc3cccc(F)c3)C2)cc1. The highest BCUT2D eigenvalue weighted by Gasteiger charge is 2.37. The molecule has 3 rings (SSSR count). The summed E-state index contributed by atoms with van der Waals surface area (Å²) in [5.74, 6) is -0.303. The standard InChI is InChI=1S/C20H24FNO3S/c1-20(2,3)16-7-9-19(10-8-16)26(23,24)22-12-18(13-22)25-14-15-5-4-6-17(21)11-15/h4-11,18H,12-14H2,1-3H3. The van der Waals surface area contributed by atoms with Gasteiger partial charge in [0.2, 0.25) is 10.0 Å². The molecule has 0 N–H and O–H groups in total. The van der Waals surface area contributed by atoms with Crippen molar-refractivity contribution in [1.82, 2.24) is 4.31 Å². The average molecular weight is 377 g/mol. The zero-order valence-corrected chi connectivity index (χ0v) is 16.1. The predicted octanol–water partition coefficient (Wildman–Crippen LogP) is 3.71. The zero-order valence-electron chi connectivity index (χ0n) is 15.3. The van der Waals surface area contributed by atoms with Crippen molar-refractivity contribution in [2.24, 2.45) is 0 Å². The number of sulfonamides is 1. The van der Waals surface area contributed by atoms with Crippen molar-refractivity contribution in [1.29, 1.82) is 0 Å². The molecular formula is C20H24FNO3S. The third-order valence-electron chi connectivity index (χ3n) is 4.55. The maximum atomic E-state index is 13.2. The van der Waals surface area contributed by atoms with E-state index >= 15 is 0 Å². The van der Waals surface area contributed by atoms with Crippen LogP contribution in [0.3, 0.4) is 0 Å². The maximum absolute atomic E-state index is 13.2. The lowest BCUT2D eigenvalue weighted by Crippen LogP contribution is -2.54. The van der Waals surface area contributed by atoms with Gasteiger partial charge in [-0.3, -0.25) is 0 Å². The monoisotopic (exact) mass is 377 g/mol. The second-order valence-electron chi connectivity index (χ2n) is 7.66. The fourth-order valence-corrected chi connectivity index (χ4v) is 4.32. The Bertz CT molecular complexity index is 867. The Kier molecular flexibility index (Phi) is 5.19. The molecule has 0 saturated carbocycles. The highest BCUT2D eigenvalue weighted by molar-refractivity contribution is 7.89. The molecule has 0 bridgehead atoms. The van der Waals surface area contributed by atoms with Crippen LogP contribution in [0.4, 0.5) is 4.39 Å². The van der Waals surface area contributed by atoms with Gasteiger partial charge in [-0.25, -0.2) is 12.8 Å². The van der Waals surface area contributed by atoms with E-state index in [9.17, 15) is 12.8 Å². The number of hydrogen-bond donors (Lipinski definition) is 0. The number of ether oxygens (including phenoxy) is 1. The molecule has 2 aromatic rings. The van der Waals surface area contributed by atoms with Crippen molar-refractivity contribution >= 4 is 10.0 Å². The Labute approximate surface area is 154 Å². The first-order chi connectivity index (χ1) is 12.2. The first-order valence-electron chi connectivity index (χ1n) is 8.63. The van der Waals surface area contributed by atoms with E-state index in [4.69, 9.17) is 4.74 Å². The largest absolute Gasteiger partial charge is 0.371 e. The van der Waals surface area contributed by atoms with Crippen LogP contribution in [0.1, 0.15) is 31.9 Å². The molecule has 0 aromatic heterocycles. The molecule has 0 spiro atoms. The lowest BCUT2D eigenvalue weighted by Gasteiger charge is -2.37. The number of halogens is 1. The topological polar surface area (TPSA) is 46.6 Å². The van der Waals surface area contributed by atoms with Gasteiger partial charge in [-0.1, -0.05) is 45.0 Å². The van der Waals surface area contributed by atoms with Gasteiger partial charge in [0, 0.05) is 13.1 Å². The molecule has 0 atom stereocenters. The summed E-state index contributed by atoms with van der Waals surface area (Å²) >= 11 is 0. The van der Waals surface area contributed by atoms with Crippen molar-refractivity contribution in [3.05, 3.63) is 65.5 Å². The van der Waals surface area contributed by atoms with Gasteiger partial charge in [-0.2, -0.15) is 4.31 Å². The summed E-state index contributed by atoms with van der Waals surface area (Å²) in [4.78, 5) is 0.300. The minimum atomic E-state index is -3.49. The fourth-order valence-electron chi connectivity index (χ4n) is 2.82. The molecule has 2 aromatic carbocycles. The van der Waals surface area contributed by atoms with Gasteiger partial charge >= 0.3 is 0 Å². The molecule has 26 heavy (non-hydrogen) atoms. The third-order valence-corrected chi connectivity index (χ3v) is 6.39. The Balaban J connectivity index is 1.57. The molecule has 1 saturated heterocycles. The van der Waals surface area contributed by atoms with E-state index in [1.165, 1.54) is 16.4 Å². The highest BCUT2D eigenvalue weighted by Crippen LogP contribution is 2.27. The van der Waals surface area contributed by atoms with E-state index in [0.29, 0.717) is 18.0 Å². The average Bonchev–Trinajstić information content (AvgIpc) is 2.52. The molecule has 1 fully saturated rings. The van der Waals surface area contributed by atoms with E-state index in [1.807, 2.05) is 12.1 Å². The molecule has 1 aliphatic rings. The number of hydrogen-bond acceptors (Lipinski definition) is 3. The van der Waals surface area contributed by atoms with Gasteiger partial charge in [-0.15, -0.1) is 0 Å². The van der Waals surface area contributed by atoms with Gasteiger partial charge in [0.15, 0.2) is 0 Å². The summed E-state index contributed by atoms with van der Waals surface area (Å²) in [6, 6.07) is 13.3. The minimum Gasteiger partial charge on any atom is -0.371 e. The molecule has 0 aliphatic carbocycles. The van der Waals surface area contributed by atoms with Crippen molar-refractivity contribution in [2.45, 2.75) is 43.8 Å². The van der Waals surface area contributed by atoms with Gasteiger partial charge in [0.1, 0.15) is 5.82 Å². The number of rotatable bonds is 5. The van der Waals surface area contributed by atoms with Crippen LogP contribution in [0.5, 0.6) is 0 Å². The lowest BCUT2D eigenvalue weighted by molar-refractivity contribution is -0.0296. The third kappa shape index (κ3) is 4.14. The van der Waals surface area contributed by atoms with Crippen LogP contribution in [0.2, 0.25) is 0 Å². The molecule has 0 radical (unpaired) electrons. The number of nitrogens with zero attached hydrogens (tertiary/aromatic N) is 1. The van der Waals surface area contributed by atoms with Crippen LogP contribution in [0.25, 0.3) is 0 Å². The second kappa shape index (κ2) is 7.10. The molecule has 6 heteroatoms. The Hall–Kier alpha value is -1.76. The lowest BCUT2D eigenvalue weighted by atomic mass is 9.87. The van der Waals surface area contributed by atoms with E-state index in [0.717, 1.165) is 11.1 Å². The Morgan fingerprint density at radius 3 is 2.35 bits per heavy atom. The first kappa shape index (κ1) is 19.0. The highest BCUT2D eigenvalue weighted by atomic mass is 32.2.